The fraction of sp³-hybridized carbons (Fsp3) is 0.0667. The lowest BCUT2D eigenvalue weighted by atomic mass is 10.2. The van der Waals surface area contributed by atoms with Gasteiger partial charge in [-0.3, -0.25) is 30.2 Å². The van der Waals surface area contributed by atoms with Crippen molar-refractivity contribution in [3.63, 3.8) is 0 Å². The molecule has 0 saturated carbocycles. The Hall–Kier alpha value is -2.64. The number of hydrogen-bond acceptors (Lipinski definition) is 4. The van der Waals surface area contributed by atoms with Gasteiger partial charge in [0, 0.05) is 21.8 Å². The third kappa shape index (κ3) is 5.22. The highest BCUT2D eigenvalue weighted by Crippen LogP contribution is 2.10. The number of amides is 3. The van der Waals surface area contributed by atoms with Crippen LogP contribution in [0.3, 0.4) is 0 Å². The van der Waals surface area contributed by atoms with Crippen molar-refractivity contribution in [3.05, 3.63) is 63.9 Å². The van der Waals surface area contributed by atoms with E-state index in [9.17, 15) is 14.4 Å². The predicted octanol–water partition coefficient (Wildman–Crippen LogP) is 1.58. The fourth-order valence-electron chi connectivity index (χ4n) is 1.65. The summed E-state index contributed by atoms with van der Waals surface area (Å²) >= 11 is 11.5. The van der Waals surface area contributed by atoms with Crippen LogP contribution in [0.1, 0.15) is 20.8 Å². The molecule has 0 aliphatic carbocycles. The first-order valence-corrected chi connectivity index (χ1v) is 7.46. The SMILES string of the molecule is O=C(CNC(=O)c1cc(Cl)ccn1)NNC(=O)c1cccc(Cl)c1. The second kappa shape index (κ2) is 8.28. The van der Waals surface area contributed by atoms with Crippen molar-refractivity contribution >= 4 is 40.9 Å². The van der Waals surface area contributed by atoms with Gasteiger partial charge in [0.05, 0.1) is 6.54 Å². The summed E-state index contributed by atoms with van der Waals surface area (Å²) in [7, 11) is 0. The number of carbonyl (C=O) groups excluding carboxylic acids is 3. The van der Waals surface area contributed by atoms with Crippen LogP contribution in [0.15, 0.2) is 42.6 Å². The van der Waals surface area contributed by atoms with E-state index >= 15 is 0 Å². The zero-order chi connectivity index (χ0) is 17.5. The lowest BCUT2D eigenvalue weighted by Crippen LogP contribution is -2.46. The summed E-state index contributed by atoms with van der Waals surface area (Å²) in [5.74, 6) is -1.71. The van der Waals surface area contributed by atoms with Gasteiger partial charge in [-0.1, -0.05) is 29.3 Å². The highest BCUT2D eigenvalue weighted by atomic mass is 35.5. The number of aromatic nitrogens is 1. The maximum atomic E-state index is 11.8. The highest BCUT2D eigenvalue weighted by Gasteiger charge is 2.11. The quantitative estimate of drug-likeness (QED) is 0.715. The summed E-state index contributed by atoms with van der Waals surface area (Å²) in [4.78, 5) is 39.1. The minimum absolute atomic E-state index is 0.0817. The maximum Gasteiger partial charge on any atom is 0.270 e. The van der Waals surface area contributed by atoms with E-state index in [1.807, 2.05) is 0 Å². The van der Waals surface area contributed by atoms with Crippen molar-refractivity contribution in [1.29, 1.82) is 0 Å². The molecule has 0 spiro atoms. The number of rotatable bonds is 4. The molecular formula is C15H12Cl2N4O3. The molecule has 7 nitrogen and oxygen atoms in total. The van der Waals surface area contributed by atoms with E-state index < -0.39 is 17.7 Å². The smallest absolute Gasteiger partial charge is 0.270 e. The van der Waals surface area contributed by atoms with Crippen molar-refractivity contribution in [2.24, 2.45) is 0 Å². The Labute approximate surface area is 147 Å². The Morgan fingerprint density at radius 1 is 0.958 bits per heavy atom. The Balaban J connectivity index is 1.79. The van der Waals surface area contributed by atoms with Gasteiger partial charge in [-0.2, -0.15) is 0 Å². The molecule has 1 aromatic carbocycles. The van der Waals surface area contributed by atoms with Gasteiger partial charge in [0.15, 0.2) is 0 Å². The van der Waals surface area contributed by atoms with Crippen LogP contribution in [0.2, 0.25) is 10.0 Å². The first-order valence-electron chi connectivity index (χ1n) is 6.70. The molecule has 0 radical (unpaired) electrons. The lowest BCUT2D eigenvalue weighted by Gasteiger charge is -2.08. The van der Waals surface area contributed by atoms with E-state index in [2.05, 4.69) is 21.2 Å². The van der Waals surface area contributed by atoms with Gasteiger partial charge in [-0.25, -0.2) is 0 Å². The molecular weight excluding hydrogens is 355 g/mol. The number of pyridine rings is 1. The Morgan fingerprint density at radius 2 is 1.71 bits per heavy atom. The second-order valence-electron chi connectivity index (χ2n) is 4.55. The lowest BCUT2D eigenvalue weighted by molar-refractivity contribution is -0.120. The van der Waals surface area contributed by atoms with Crippen LogP contribution in [-0.4, -0.2) is 29.3 Å². The predicted molar refractivity (Wildman–Crippen MR) is 88.6 cm³/mol. The van der Waals surface area contributed by atoms with Crippen LogP contribution >= 0.6 is 23.2 Å². The van der Waals surface area contributed by atoms with E-state index in [1.165, 1.54) is 24.4 Å². The van der Waals surface area contributed by atoms with Crippen LogP contribution in [0.5, 0.6) is 0 Å². The summed E-state index contributed by atoms with van der Waals surface area (Å²) in [6.45, 7) is -0.344. The topological polar surface area (TPSA) is 100 Å². The van der Waals surface area contributed by atoms with Crippen molar-refractivity contribution in [3.8, 4) is 0 Å². The van der Waals surface area contributed by atoms with Gasteiger partial charge in [0.1, 0.15) is 5.69 Å². The van der Waals surface area contributed by atoms with E-state index in [-0.39, 0.29) is 17.8 Å². The molecule has 0 saturated heterocycles. The standard InChI is InChI=1S/C15H12Cl2N4O3/c16-10-3-1-2-9(6-10)14(23)21-20-13(22)8-19-15(24)12-7-11(17)4-5-18-12/h1-7H,8H2,(H,19,24)(H,20,22)(H,21,23). The van der Waals surface area contributed by atoms with Gasteiger partial charge in [0.2, 0.25) is 0 Å². The van der Waals surface area contributed by atoms with Crippen LogP contribution in [0, 0.1) is 0 Å². The summed E-state index contributed by atoms with van der Waals surface area (Å²) < 4.78 is 0. The second-order valence-corrected chi connectivity index (χ2v) is 5.43. The largest absolute Gasteiger partial charge is 0.342 e. The minimum Gasteiger partial charge on any atom is -0.342 e. The zero-order valence-electron chi connectivity index (χ0n) is 12.2. The minimum atomic E-state index is -0.610. The molecule has 2 aromatic rings. The number of nitrogens with zero attached hydrogens (tertiary/aromatic N) is 1. The molecule has 9 heteroatoms. The summed E-state index contributed by atoms with van der Waals surface area (Å²) in [5, 5.41) is 3.11. The molecule has 24 heavy (non-hydrogen) atoms. The van der Waals surface area contributed by atoms with E-state index in [0.717, 1.165) is 0 Å². The molecule has 0 aliphatic rings. The van der Waals surface area contributed by atoms with Gasteiger partial charge in [-0.05, 0) is 30.3 Å². The Bertz CT molecular complexity index is 719. The fourth-order valence-corrected chi connectivity index (χ4v) is 2.00. The molecule has 2 rings (SSSR count). The average Bonchev–Trinajstić information content (AvgIpc) is 2.57. The van der Waals surface area contributed by atoms with Crippen molar-refractivity contribution < 1.29 is 14.4 Å². The molecule has 3 amide bonds. The number of hydrogen-bond donors (Lipinski definition) is 3. The molecule has 0 unspecified atom stereocenters. The molecule has 0 bridgehead atoms. The summed E-state index contributed by atoms with van der Waals surface area (Å²) in [6, 6.07) is 9.12. The maximum absolute atomic E-state index is 11.8. The van der Waals surface area contributed by atoms with Gasteiger partial charge in [-0.15, -0.1) is 0 Å². The van der Waals surface area contributed by atoms with Crippen LogP contribution in [-0.2, 0) is 4.79 Å². The van der Waals surface area contributed by atoms with Crippen molar-refractivity contribution in [2.45, 2.75) is 0 Å². The van der Waals surface area contributed by atoms with Crippen LogP contribution in [0.25, 0.3) is 0 Å². The van der Waals surface area contributed by atoms with E-state index in [4.69, 9.17) is 23.2 Å². The Kier molecular flexibility index (Phi) is 6.11. The first-order chi connectivity index (χ1) is 11.5. The first kappa shape index (κ1) is 17.7. The van der Waals surface area contributed by atoms with Crippen LogP contribution in [0.4, 0.5) is 0 Å². The number of carbonyl (C=O) groups is 3. The zero-order valence-corrected chi connectivity index (χ0v) is 13.7. The van der Waals surface area contributed by atoms with E-state index in [1.54, 1.807) is 18.2 Å². The van der Waals surface area contributed by atoms with Crippen molar-refractivity contribution in [1.82, 2.24) is 21.2 Å². The molecule has 0 fully saturated rings. The van der Waals surface area contributed by atoms with Crippen LogP contribution < -0.4 is 16.2 Å². The average molecular weight is 367 g/mol. The number of benzene rings is 1. The number of hydrazine groups is 1. The normalized spacial score (nSPS) is 9.92. The summed E-state index contributed by atoms with van der Waals surface area (Å²) in [5.41, 5.74) is 4.76. The number of nitrogens with one attached hydrogen (secondary N) is 3. The monoisotopic (exact) mass is 366 g/mol. The third-order valence-corrected chi connectivity index (χ3v) is 3.24. The molecule has 1 aromatic heterocycles. The molecule has 124 valence electrons. The summed E-state index contributed by atoms with van der Waals surface area (Å²) in [6.07, 6.45) is 1.38. The van der Waals surface area contributed by atoms with Gasteiger partial charge in [0.25, 0.3) is 17.7 Å². The number of halogens is 2. The van der Waals surface area contributed by atoms with Gasteiger partial charge >= 0.3 is 0 Å². The van der Waals surface area contributed by atoms with Crippen molar-refractivity contribution in [2.75, 3.05) is 6.54 Å². The molecule has 0 aliphatic heterocycles. The third-order valence-electron chi connectivity index (χ3n) is 2.77. The molecule has 1 heterocycles. The Morgan fingerprint density at radius 3 is 2.42 bits per heavy atom. The highest BCUT2D eigenvalue weighted by molar-refractivity contribution is 6.31. The molecule has 0 atom stereocenters. The van der Waals surface area contributed by atoms with E-state index in [0.29, 0.717) is 10.0 Å². The molecule has 3 N–H and O–H groups in total. The van der Waals surface area contributed by atoms with Gasteiger partial charge < -0.3 is 5.32 Å².